The Morgan fingerprint density at radius 1 is 0.879 bits per heavy atom. The summed E-state index contributed by atoms with van der Waals surface area (Å²) in [6.45, 7) is -0.734. The molecule has 33 heavy (non-hydrogen) atoms. The lowest BCUT2D eigenvalue weighted by Gasteiger charge is -2.39. The average Bonchev–Trinajstić information content (AvgIpc) is 2.78. The summed E-state index contributed by atoms with van der Waals surface area (Å²) in [6, 6.07) is 5.63. The SMILES string of the molecule is O=c1cc(-c2ccc(O)c(O)c2)oc2cc(O)c(O)c(O[C@H]3O[C@@H](CO)[C@H](O)[C@H](O)[C@@H]3O)c12. The zero-order valence-electron chi connectivity index (χ0n) is 16.7. The predicted octanol–water partition coefficient (Wildman–Crippen LogP) is -0.539. The molecule has 0 aliphatic carbocycles. The lowest BCUT2D eigenvalue weighted by Crippen LogP contribution is -2.60. The Kier molecular flexibility index (Phi) is 5.78. The van der Waals surface area contributed by atoms with Crippen molar-refractivity contribution in [3.8, 4) is 40.1 Å². The fraction of sp³-hybridized carbons (Fsp3) is 0.286. The molecule has 5 atom stereocenters. The number of aromatic hydroxyl groups is 4. The van der Waals surface area contributed by atoms with Crippen LogP contribution in [0.3, 0.4) is 0 Å². The van der Waals surface area contributed by atoms with Crippen LogP contribution < -0.4 is 10.2 Å². The van der Waals surface area contributed by atoms with Crippen molar-refractivity contribution in [2.75, 3.05) is 6.61 Å². The molecule has 12 nitrogen and oxygen atoms in total. The molecule has 0 bridgehead atoms. The van der Waals surface area contributed by atoms with Gasteiger partial charge in [0.2, 0.25) is 12.0 Å². The lowest BCUT2D eigenvalue weighted by molar-refractivity contribution is -0.277. The maximum absolute atomic E-state index is 12.9. The first kappa shape index (κ1) is 22.6. The highest BCUT2D eigenvalue weighted by molar-refractivity contribution is 5.89. The van der Waals surface area contributed by atoms with Crippen LogP contribution in [0.25, 0.3) is 22.3 Å². The summed E-state index contributed by atoms with van der Waals surface area (Å²) in [5, 5.41) is 78.6. The average molecular weight is 464 g/mol. The Morgan fingerprint density at radius 2 is 1.61 bits per heavy atom. The number of aliphatic hydroxyl groups excluding tert-OH is 4. The number of hydrogen-bond acceptors (Lipinski definition) is 12. The van der Waals surface area contributed by atoms with Crippen molar-refractivity contribution in [3.63, 3.8) is 0 Å². The Hall–Kier alpha value is -3.55. The smallest absolute Gasteiger partial charge is 0.229 e. The highest BCUT2D eigenvalue weighted by Crippen LogP contribution is 2.43. The molecule has 0 radical (unpaired) electrons. The second kappa shape index (κ2) is 8.42. The van der Waals surface area contributed by atoms with E-state index in [0.717, 1.165) is 18.2 Å². The molecular weight excluding hydrogens is 444 g/mol. The number of rotatable bonds is 4. The molecule has 2 aromatic carbocycles. The van der Waals surface area contributed by atoms with Crippen molar-refractivity contribution in [2.45, 2.75) is 30.7 Å². The summed E-state index contributed by atoms with van der Waals surface area (Å²) in [4.78, 5) is 12.9. The number of ether oxygens (including phenoxy) is 2. The molecule has 1 fully saturated rings. The Balaban J connectivity index is 1.81. The van der Waals surface area contributed by atoms with Crippen LogP contribution in [0.5, 0.6) is 28.7 Å². The first-order valence-electron chi connectivity index (χ1n) is 9.64. The first-order chi connectivity index (χ1) is 15.6. The number of aliphatic hydroxyl groups is 4. The summed E-state index contributed by atoms with van der Waals surface area (Å²) in [7, 11) is 0. The van der Waals surface area contributed by atoms with E-state index < -0.39 is 65.7 Å². The Morgan fingerprint density at radius 3 is 2.27 bits per heavy atom. The molecule has 1 aromatic heterocycles. The van der Waals surface area contributed by atoms with E-state index in [1.54, 1.807) is 0 Å². The minimum absolute atomic E-state index is 0.0494. The summed E-state index contributed by atoms with van der Waals surface area (Å²) in [5.74, 6) is -3.18. The standard InChI is InChI=1S/C21H20O12/c22-6-14-17(28)18(29)19(30)21(32-14)33-20-15-10(25)4-12(7-1-2-8(23)9(24)3-7)31-13(15)5-11(26)16(20)27/h1-5,14,17-19,21-24,26-30H,6H2/t14-,17-,18-,19-,21+/m0/s1. The molecule has 0 spiro atoms. The summed E-state index contributed by atoms with van der Waals surface area (Å²) in [5.41, 5.74) is -0.790. The number of hydrogen-bond donors (Lipinski definition) is 8. The third-order valence-corrected chi connectivity index (χ3v) is 5.27. The summed E-state index contributed by atoms with van der Waals surface area (Å²) < 4.78 is 16.3. The molecule has 176 valence electrons. The molecule has 2 heterocycles. The number of phenolic OH excluding ortho intramolecular Hbond substituents is 4. The van der Waals surface area contributed by atoms with Gasteiger partial charge in [-0.3, -0.25) is 4.79 Å². The molecule has 4 rings (SSSR count). The molecular formula is C21H20O12. The molecule has 12 heteroatoms. The third kappa shape index (κ3) is 3.90. The van der Waals surface area contributed by atoms with E-state index in [4.69, 9.17) is 13.9 Å². The number of phenols is 4. The van der Waals surface area contributed by atoms with Crippen molar-refractivity contribution in [2.24, 2.45) is 0 Å². The van der Waals surface area contributed by atoms with E-state index in [9.17, 15) is 45.6 Å². The molecule has 1 saturated heterocycles. The fourth-order valence-electron chi connectivity index (χ4n) is 3.48. The van der Waals surface area contributed by atoms with Gasteiger partial charge in [0.15, 0.2) is 28.4 Å². The van der Waals surface area contributed by atoms with Gasteiger partial charge in [-0.15, -0.1) is 0 Å². The molecule has 1 aliphatic heterocycles. The molecule has 0 unspecified atom stereocenters. The lowest BCUT2D eigenvalue weighted by atomic mass is 9.99. The maximum atomic E-state index is 12.9. The highest BCUT2D eigenvalue weighted by Gasteiger charge is 2.45. The van der Waals surface area contributed by atoms with E-state index >= 15 is 0 Å². The van der Waals surface area contributed by atoms with Crippen LogP contribution in [0, 0.1) is 0 Å². The van der Waals surface area contributed by atoms with Crippen LogP contribution in [-0.4, -0.2) is 78.2 Å². The molecule has 0 amide bonds. The zero-order chi connectivity index (χ0) is 24.0. The number of benzene rings is 2. The van der Waals surface area contributed by atoms with Gasteiger partial charge in [-0.25, -0.2) is 0 Å². The normalized spacial score (nSPS) is 25.3. The van der Waals surface area contributed by atoms with Crippen LogP contribution in [0.4, 0.5) is 0 Å². The quantitative estimate of drug-likeness (QED) is 0.229. The zero-order valence-corrected chi connectivity index (χ0v) is 16.7. The minimum atomic E-state index is -1.84. The fourth-order valence-corrected chi connectivity index (χ4v) is 3.48. The van der Waals surface area contributed by atoms with Gasteiger partial charge in [0.1, 0.15) is 41.1 Å². The minimum Gasteiger partial charge on any atom is -0.504 e. The van der Waals surface area contributed by atoms with Gasteiger partial charge in [0.25, 0.3) is 0 Å². The van der Waals surface area contributed by atoms with Gasteiger partial charge in [0.05, 0.1) is 6.61 Å². The molecule has 1 aliphatic rings. The molecule has 3 aromatic rings. The largest absolute Gasteiger partial charge is 0.504 e. The summed E-state index contributed by atoms with van der Waals surface area (Å²) in [6.07, 6.45) is -8.34. The third-order valence-electron chi connectivity index (χ3n) is 5.27. The van der Waals surface area contributed by atoms with Crippen molar-refractivity contribution in [1.82, 2.24) is 0 Å². The van der Waals surface area contributed by atoms with Crippen LogP contribution in [-0.2, 0) is 4.74 Å². The van der Waals surface area contributed by atoms with E-state index in [1.807, 2.05) is 0 Å². The number of fused-ring (bicyclic) bond motifs is 1. The van der Waals surface area contributed by atoms with Crippen LogP contribution in [0.1, 0.15) is 0 Å². The van der Waals surface area contributed by atoms with Crippen molar-refractivity contribution in [1.29, 1.82) is 0 Å². The Bertz CT molecular complexity index is 1250. The summed E-state index contributed by atoms with van der Waals surface area (Å²) >= 11 is 0. The van der Waals surface area contributed by atoms with Gasteiger partial charge in [-0.1, -0.05) is 0 Å². The van der Waals surface area contributed by atoms with Gasteiger partial charge >= 0.3 is 0 Å². The van der Waals surface area contributed by atoms with Crippen molar-refractivity contribution >= 4 is 11.0 Å². The van der Waals surface area contributed by atoms with Crippen molar-refractivity contribution < 1.29 is 54.7 Å². The van der Waals surface area contributed by atoms with Gasteiger partial charge in [-0.05, 0) is 18.2 Å². The molecule has 8 N–H and O–H groups in total. The highest BCUT2D eigenvalue weighted by atomic mass is 16.7. The van der Waals surface area contributed by atoms with Crippen LogP contribution in [0.2, 0.25) is 0 Å². The predicted molar refractivity (Wildman–Crippen MR) is 109 cm³/mol. The monoisotopic (exact) mass is 464 g/mol. The van der Waals surface area contributed by atoms with E-state index in [0.29, 0.717) is 0 Å². The van der Waals surface area contributed by atoms with Gasteiger partial charge in [-0.2, -0.15) is 0 Å². The second-order valence-corrected chi connectivity index (χ2v) is 7.44. The van der Waals surface area contributed by atoms with E-state index in [1.165, 1.54) is 12.1 Å². The second-order valence-electron chi connectivity index (χ2n) is 7.44. The van der Waals surface area contributed by atoms with E-state index in [2.05, 4.69) is 0 Å². The van der Waals surface area contributed by atoms with Gasteiger partial charge in [0, 0.05) is 17.7 Å². The molecule has 0 saturated carbocycles. The Labute approximate surface area is 184 Å². The van der Waals surface area contributed by atoms with Crippen molar-refractivity contribution in [3.05, 3.63) is 40.6 Å². The van der Waals surface area contributed by atoms with Gasteiger partial charge < -0.3 is 54.7 Å². The maximum Gasteiger partial charge on any atom is 0.229 e. The van der Waals surface area contributed by atoms with Crippen LogP contribution in [0.15, 0.2) is 39.5 Å². The van der Waals surface area contributed by atoms with E-state index in [-0.39, 0.29) is 28.0 Å². The topological polar surface area (TPSA) is 211 Å². The van der Waals surface area contributed by atoms with Crippen LogP contribution >= 0.6 is 0 Å². The first-order valence-corrected chi connectivity index (χ1v) is 9.64.